The van der Waals surface area contributed by atoms with Crippen molar-refractivity contribution in [2.45, 2.75) is 6.04 Å². The van der Waals surface area contributed by atoms with E-state index >= 15 is 0 Å². The van der Waals surface area contributed by atoms with Crippen molar-refractivity contribution in [2.24, 2.45) is 0 Å². The normalized spacial score (nSPS) is 11.6. The van der Waals surface area contributed by atoms with Gasteiger partial charge in [-0.05, 0) is 35.4 Å². The summed E-state index contributed by atoms with van der Waals surface area (Å²) in [4.78, 5) is 25.4. The summed E-state index contributed by atoms with van der Waals surface area (Å²) in [5.41, 5.74) is 1.92. The number of ether oxygens (including phenoxy) is 3. The number of amides is 1. The Labute approximate surface area is 201 Å². The van der Waals surface area contributed by atoms with E-state index in [0.29, 0.717) is 39.3 Å². The lowest BCUT2D eigenvalue weighted by Gasteiger charge is -2.17. The standard InChI is InChI=1S/C27H25NO7/c1-32-23-11-8-18(12-25(23)33-2)21-15-35-24-13-19(9-10-20(24)27(21)31)34-16-26(30)28-22(14-29)17-6-4-3-5-7-17/h3-13,15,22,29H,14,16H2,1-2H3,(H,28,30). The highest BCUT2D eigenvalue weighted by Gasteiger charge is 2.15. The number of rotatable bonds is 9. The zero-order valence-corrected chi connectivity index (χ0v) is 19.3. The SMILES string of the molecule is COc1ccc(-c2coc3cc(OCC(=O)NC(CO)c4ccccc4)ccc3c2=O)cc1OC. The maximum atomic E-state index is 13.1. The Balaban J connectivity index is 1.49. The van der Waals surface area contributed by atoms with Gasteiger partial charge in [-0.15, -0.1) is 0 Å². The third-order valence-electron chi connectivity index (χ3n) is 5.53. The van der Waals surface area contributed by atoms with Crippen molar-refractivity contribution < 1.29 is 28.5 Å². The molecule has 1 unspecified atom stereocenters. The van der Waals surface area contributed by atoms with Gasteiger partial charge in [0.1, 0.15) is 17.6 Å². The Bertz CT molecular complexity index is 1380. The van der Waals surface area contributed by atoms with Gasteiger partial charge >= 0.3 is 0 Å². The minimum atomic E-state index is -0.531. The van der Waals surface area contributed by atoms with E-state index in [0.717, 1.165) is 5.56 Å². The van der Waals surface area contributed by atoms with Crippen LogP contribution in [0.15, 0.2) is 82.2 Å². The first-order valence-corrected chi connectivity index (χ1v) is 10.9. The molecule has 4 aromatic rings. The second-order valence-electron chi connectivity index (χ2n) is 7.71. The van der Waals surface area contributed by atoms with E-state index in [1.165, 1.54) is 13.4 Å². The average Bonchev–Trinajstić information content (AvgIpc) is 2.90. The quantitative estimate of drug-likeness (QED) is 0.380. The number of hydrogen-bond acceptors (Lipinski definition) is 7. The van der Waals surface area contributed by atoms with Crippen LogP contribution in [0.1, 0.15) is 11.6 Å². The van der Waals surface area contributed by atoms with Crippen LogP contribution in [0.3, 0.4) is 0 Å². The summed E-state index contributed by atoms with van der Waals surface area (Å²) in [5, 5.41) is 12.7. The van der Waals surface area contributed by atoms with Crippen LogP contribution in [0.25, 0.3) is 22.1 Å². The summed E-state index contributed by atoms with van der Waals surface area (Å²) in [6.07, 6.45) is 1.38. The van der Waals surface area contributed by atoms with E-state index in [1.54, 1.807) is 43.5 Å². The molecule has 2 N–H and O–H groups in total. The molecule has 0 saturated carbocycles. The molecule has 180 valence electrons. The lowest BCUT2D eigenvalue weighted by molar-refractivity contribution is -0.124. The summed E-state index contributed by atoms with van der Waals surface area (Å²) in [6, 6.07) is 18.6. The molecule has 1 heterocycles. The van der Waals surface area contributed by atoms with Crippen molar-refractivity contribution in [3.05, 3.63) is 88.8 Å². The predicted octanol–water partition coefficient (Wildman–Crippen LogP) is 3.71. The molecular weight excluding hydrogens is 450 g/mol. The van der Waals surface area contributed by atoms with Gasteiger partial charge in [-0.25, -0.2) is 0 Å². The third-order valence-corrected chi connectivity index (χ3v) is 5.53. The molecule has 0 aliphatic heterocycles. The topological polar surface area (TPSA) is 107 Å². The maximum Gasteiger partial charge on any atom is 0.258 e. The summed E-state index contributed by atoms with van der Waals surface area (Å²) in [6.45, 7) is -0.498. The number of hydrogen-bond donors (Lipinski definition) is 2. The van der Waals surface area contributed by atoms with E-state index in [-0.39, 0.29) is 18.6 Å². The number of carbonyl (C=O) groups excluding carboxylic acids is 1. The molecule has 0 saturated heterocycles. The Kier molecular flexibility index (Phi) is 7.32. The van der Waals surface area contributed by atoms with E-state index < -0.39 is 11.9 Å². The minimum absolute atomic E-state index is 0.212. The predicted molar refractivity (Wildman–Crippen MR) is 131 cm³/mol. The van der Waals surface area contributed by atoms with Crippen molar-refractivity contribution in [3.8, 4) is 28.4 Å². The molecule has 8 heteroatoms. The van der Waals surface area contributed by atoms with Gasteiger partial charge in [-0.1, -0.05) is 36.4 Å². The van der Waals surface area contributed by atoms with Crippen molar-refractivity contribution in [1.29, 1.82) is 0 Å². The second-order valence-corrected chi connectivity index (χ2v) is 7.71. The van der Waals surface area contributed by atoms with Crippen molar-refractivity contribution >= 4 is 16.9 Å². The van der Waals surface area contributed by atoms with E-state index in [1.807, 2.05) is 30.3 Å². The molecular formula is C27H25NO7. The van der Waals surface area contributed by atoms with Gasteiger partial charge in [0.25, 0.3) is 5.91 Å². The molecule has 4 rings (SSSR count). The third kappa shape index (κ3) is 5.28. The van der Waals surface area contributed by atoms with Crippen molar-refractivity contribution in [3.63, 3.8) is 0 Å². The number of fused-ring (bicyclic) bond motifs is 1. The molecule has 1 aromatic heterocycles. The highest BCUT2D eigenvalue weighted by atomic mass is 16.5. The maximum absolute atomic E-state index is 13.1. The van der Waals surface area contributed by atoms with Crippen molar-refractivity contribution in [1.82, 2.24) is 5.32 Å². The Morgan fingerprint density at radius 3 is 2.49 bits per heavy atom. The molecule has 0 bridgehead atoms. The number of aliphatic hydroxyl groups is 1. The minimum Gasteiger partial charge on any atom is -0.493 e. The zero-order chi connectivity index (χ0) is 24.8. The monoisotopic (exact) mass is 475 g/mol. The van der Waals surface area contributed by atoms with Crippen LogP contribution in [-0.2, 0) is 4.79 Å². The van der Waals surface area contributed by atoms with Gasteiger partial charge < -0.3 is 29.1 Å². The number of methoxy groups -OCH3 is 2. The lowest BCUT2D eigenvalue weighted by Crippen LogP contribution is -2.34. The fourth-order valence-corrected chi connectivity index (χ4v) is 3.71. The number of nitrogens with one attached hydrogen (secondary N) is 1. The molecule has 0 radical (unpaired) electrons. The zero-order valence-electron chi connectivity index (χ0n) is 19.3. The van der Waals surface area contributed by atoms with Crippen LogP contribution in [0.4, 0.5) is 0 Å². The molecule has 0 fully saturated rings. The molecule has 3 aromatic carbocycles. The van der Waals surface area contributed by atoms with Gasteiger partial charge in [0, 0.05) is 6.07 Å². The van der Waals surface area contributed by atoms with Crippen LogP contribution < -0.4 is 25.0 Å². The number of benzene rings is 3. The smallest absolute Gasteiger partial charge is 0.258 e. The Hall–Kier alpha value is -4.30. The average molecular weight is 475 g/mol. The first kappa shape index (κ1) is 23.8. The lowest BCUT2D eigenvalue weighted by atomic mass is 10.0. The molecule has 8 nitrogen and oxygen atoms in total. The van der Waals surface area contributed by atoms with Crippen LogP contribution in [0.2, 0.25) is 0 Å². The molecule has 1 amide bonds. The Morgan fingerprint density at radius 1 is 1.00 bits per heavy atom. The highest BCUT2D eigenvalue weighted by molar-refractivity contribution is 5.83. The number of aliphatic hydroxyl groups excluding tert-OH is 1. The highest BCUT2D eigenvalue weighted by Crippen LogP contribution is 2.32. The largest absolute Gasteiger partial charge is 0.493 e. The van der Waals surface area contributed by atoms with Gasteiger partial charge in [-0.3, -0.25) is 9.59 Å². The molecule has 0 spiro atoms. The van der Waals surface area contributed by atoms with Crippen LogP contribution >= 0.6 is 0 Å². The molecule has 35 heavy (non-hydrogen) atoms. The number of carbonyl (C=O) groups is 1. The molecule has 0 aliphatic carbocycles. The second kappa shape index (κ2) is 10.8. The van der Waals surface area contributed by atoms with Gasteiger partial charge in [0.05, 0.1) is 37.8 Å². The Morgan fingerprint density at radius 2 is 1.77 bits per heavy atom. The van der Waals surface area contributed by atoms with Crippen molar-refractivity contribution in [2.75, 3.05) is 27.4 Å². The first-order valence-electron chi connectivity index (χ1n) is 10.9. The summed E-state index contributed by atoms with van der Waals surface area (Å²) in [5.74, 6) is 1.04. The van der Waals surface area contributed by atoms with Crippen LogP contribution in [-0.4, -0.2) is 38.4 Å². The summed E-state index contributed by atoms with van der Waals surface area (Å²) in [7, 11) is 3.07. The summed E-state index contributed by atoms with van der Waals surface area (Å²) < 4.78 is 21.9. The van der Waals surface area contributed by atoms with Crippen LogP contribution in [0, 0.1) is 0 Å². The molecule has 0 aliphatic rings. The summed E-state index contributed by atoms with van der Waals surface area (Å²) >= 11 is 0. The first-order chi connectivity index (χ1) is 17.0. The van der Waals surface area contributed by atoms with Gasteiger partial charge in [0.2, 0.25) is 0 Å². The molecule has 1 atom stereocenters. The van der Waals surface area contributed by atoms with Gasteiger partial charge in [0.15, 0.2) is 23.5 Å². The van der Waals surface area contributed by atoms with Crippen LogP contribution in [0.5, 0.6) is 17.2 Å². The fraction of sp³-hybridized carbons (Fsp3) is 0.185. The van der Waals surface area contributed by atoms with E-state index in [4.69, 9.17) is 18.6 Å². The van der Waals surface area contributed by atoms with Gasteiger partial charge in [-0.2, -0.15) is 0 Å². The van der Waals surface area contributed by atoms with E-state index in [9.17, 15) is 14.7 Å². The fourth-order valence-electron chi connectivity index (χ4n) is 3.71. The van der Waals surface area contributed by atoms with E-state index in [2.05, 4.69) is 5.32 Å².